The smallest absolute Gasteiger partial charge is 0.246 e. The first-order valence-electron chi connectivity index (χ1n) is 6.20. The highest BCUT2D eigenvalue weighted by atomic mass is 32.1. The summed E-state index contributed by atoms with van der Waals surface area (Å²) < 4.78 is 0. The molecule has 0 spiro atoms. The number of carbonyl (C=O) groups excluding carboxylic acids is 1. The van der Waals surface area contributed by atoms with E-state index in [2.05, 4.69) is 20.5 Å². The minimum absolute atomic E-state index is 0.0127. The summed E-state index contributed by atoms with van der Waals surface area (Å²) in [5.41, 5.74) is -0.498. The maximum Gasteiger partial charge on any atom is 0.246 e. The monoisotopic (exact) mass is 268 g/mol. The van der Waals surface area contributed by atoms with Gasteiger partial charge in [-0.05, 0) is 20.8 Å². The van der Waals surface area contributed by atoms with E-state index in [0.29, 0.717) is 5.13 Å². The molecule has 100 valence electrons. The molecular formula is C12H20N4OS. The lowest BCUT2D eigenvalue weighted by Crippen LogP contribution is -2.58. The molecule has 1 aliphatic rings. The van der Waals surface area contributed by atoms with E-state index in [9.17, 15) is 4.79 Å². The van der Waals surface area contributed by atoms with Crippen LogP contribution in [0.5, 0.6) is 0 Å². The molecule has 0 saturated carbocycles. The van der Waals surface area contributed by atoms with E-state index >= 15 is 0 Å². The number of hydrogen-bond donors (Lipinski definition) is 2. The first-order chi connectivity index (χ1) is 8.50. The van der Waals surface area contributed by atoms with E-state index in [0.717, 1.165) is 31.1 Å². The third kappa shape index (κ3) is 2.88. The fourth-order valence-corrected chi connectivity index (χ4v) is 2.69. The summed E-state index contributed by atoms with van der Waals surface area (Å²) in [5.74, 6) is 0.0127. The van der Waals surface area contributed by atoms with Gasteiger partial charge in [-0.3, -0.25) is 9.69 Å². The molecule has 1 fully saturated rings. The Morgan fingerprint density at radius 1 is 1.50 bits per heavy atom. The molecule has 2 rings (SSSR count). The quantitative estimate of drug-likeness (QED) is 0.861. The number of nitrogens with one attached hydrogen (secondary N) is 2. The van der Waals surface area contributed by atoms with Gasteiger partial charge in [0, 0.05) is 37.3 Å². The van der Waals surface area contributed by atoms with Crippen molar-refractivity contribution in [2.45, 2.75) is 26.3 Å². The summed E-state index contributed by atoms with van der Waals surface area (Å²) >= 11 is 1.50. The van der Waals surface area contributed by atoms with E-state index in [4.69, 9.17) is 0 Å². The third-order valence-electron chi connectivity index (χ3n) is 3.30. The number of thiazole rings is 1. The number of anilines is 1. The number of hydrogen-bond acceptors (Lipinski definition) is 5. The largest absolute Gasteiger partial charge is 0.314 e. The Morgan fingerprint density at radius 2 is 2.17 bits per heavy atom. The zero-order chi connectivity index (χ0) is 13.2. The Balaban J connectivity index is 2.02. The van der Waals surface area contributed by atoms with Crippen molar-refractivity contribution in [2.75, 3.05) is 31.5 Å². The molecule has 0 atom stereocenters. The highest BCUT2D eigenvalue weighted by Crippen LogP contribution is 2.21. The van der Waals surface area contributed by atoms with Crippen LogP contribution in [-0.4, -0.2) is 47.5 Å². The molecule has 0 unspecified atom stereocenters. The van der Waals surface area contributed by atoms with Gasteiger partial charge in [0.1, 0.15) is 0 Å². The molecule has 1 aromatic heterocycles. The number of carbonyl (C=O) groups is 1. The molecule has 0 radical (unpaired) electrons. The summed E-state index contributed by atoms with van der Waals surface area (Å²) in [6, 6.07) is 0. The van der Waals surface area contributed by atoms with E-state index in [1.165, 1.54) is 11.3 Å². The van der Waals surface area contributed by atoms with Gasteiger partial charge in [-0.15, -0.1) is 11.3 Å². The van der Waals surface area contributed by atoms with Crippen LogP contribution in [0.15, 0.2) is 6.20 Å². The minimum Gasteiger partial charge on any atom is -0.314 e. The second-order valence-electron chi connectivity index (χ2n) is 5.03. The van der Waals surface area contributed by atoms with Crippen LogP contribution in [0.2, 0.25) is 0 Å². The highest BCUT2D eigenvalue weighted by molar-refractivity contribution is 7.15. The zero-order valence-corrected chi connectivity index (χ0v) is 11.9. The molecular weight excluding hydrogens is 248 g/mol. The van der Waals surface area contributed by atoms with Crippen LogP contribution in [0.25, 0.3) is 0 Å². The lowest BCUT2D eigenvalue weighted by atomic mass is 10.0. The van der Waals surface area contributed by atoms with Crippen LogP contribution in [0.3, 0.4) is 0 Å². The van der Waals surface area contributed by atoms with Gasteiger partial charge in [0.05, 0.1) is 5.54 Å². The number of rotatable bonds is 3. The second-order valence-corrected chi connectivity index (χ2v) is 6.26. The Labute approximate surface area is 112 Å². The van der Waals surface area contributed by atoms with Gasteiger partial charge < -0.3 is 10.6 Å². The van der Waals surface area contributed by atoms with E-state index in [-0.39, 0.29) is 5.91 Å². The van der Waals surface area contributed by atoms with Crippen molar-refractivity contribution in [3.05, 3.63) is 11.1 Å². The predicted octanol–water partition coefficient (Wildman–Crippen LogP) is 1.07. The number of amides is 1. The number of piperazine rings is 1. The van der Waals surface area contributed by atoms with Crippen molar-refractivity contribution < 1.29 is 4.79 Å². The Kier molecular flexibility index (Phi) is 3.99. The van der Waals surface area contributed by atoms with E-state index in [1.54, 1.807) is 6.20 Å². The van der Waals surface area contributed by atoms with Crippen LogP contribution >= 0.6 is 11.3 Å². The van der Waals surface area contributed by atoms with Gasteiger partial charge in [-0.25, -0.2) is 4.98 Å². The molecule has 0 aliphatic carbocycles. The SMILES string of the molecule is Cc1cnc(NC(=O)C(C)(C)N2CCNCC2)s1. The summed E-state index contributed by atoms with van der Waals surface area (Å²) in [4.78, 5) is 19.8. The number of aromatic nitrogens is 1. The average Bonchev–Trinajstić information content (AvgIpc) is 2.76. The zero-order valence-electron chi connectivity index (χ0n) is 11.1. The van der Waals surface area contributed by atoms with Crippen LogP contribution in [0.4, 0.5) is 5.13 Å². The molecule has 2 N–H and O–H groups in total. The first kappa shape index (κ1) is 13.5. The van der Waals surface area contributed by atoms with Crippen molar-refractivity contribution in [3.8, 4) is 0 Å². The summed E-state index contributed by atoms with van der Waals surface area (Å²) in [6.45, 7) is 9.59. The van der Waals surface area contributed by atoms with E-state index in [1.807, 2.05) is 20.8 Å². The normalized spacial score (nSPS) is 17.7. The maximum absolute atomic E-state index is 12.3. The molecule has 0 aromatic carbocycles. The highest BCUT2D eigenvalue weighted by Gasteiger charge is 2.35. The lowest BCUT2D eigenvalue weighted by Gasteiger charge is -2.39. The number of nitrogens with zero attached hydrogens (tertiary/aromatic N) is 2. The molecule has 1 aliphatic heterocycles. The Bertz CT molecular complexity index is 423. The molecule has 1 saturated heterocycles. The van der Waals surface area contributed by atoms with Gasteiger partial charge in [0.2, 0.25) is 5.91 Å². The lowest BCUT2D eigenvalue weighted by molar-refractivity contribution is -0.126. The average molecular weight is 268 g/mol. The van der Waals surface area contributed by atoms with Crippen LogP contribution in [0.1, 0.15) is 18.7 Å². The van der Waals surface area contributed by atoms with Crippen LogP contribution < -0.4 is 10.6 Å². The van der Waals surface area contributed by atoms with Gasteiger partial charge in [0.15, 0.2) is 5.13 Å². The molecule has 1 amide bonds. The molecule has 6 heteroatoms. The first-order valence-corrected chi connectivity index (χ1v) is 7.01. The van der Waals surface area contributed by atoms with Crippen molar-refractivity contribution >= 4 is 22.4 Å². The van der Waals surface area contributed by atoms with Gasteiger partial charge in [0.25, 0.3) is 0 Å². The van der Waals surface area contributed by atoms with Gasteiger partial charge in [-0.1, -0.05) is 0 Å². The summed E-state index contributed by atoms with van der Waals surface area (Å²) in [5, 5.41) is 6.88. The maximum atomic E-state index is 12.3. The van der Waals surface area contributed by atoms with Gasteiger partial charge in [-0.2, -0.15) is 0 Å². The molecule has 18 heavy (non-hydrogen) atoms. The molecule has 2 heterocycles. The van der Waals surface area contributed by atoms with Crippen molar-refractivity contribution in [2.24, 2.45) is 0 Å². The topological polar surface area (TPSA) is 57.3 Å². The van der Waals surface area contributed by atoms with Crippen molar-refractivity contribution in [1.82, 2.24) is 15.2 Å². The van der Waals surface area contributed by atoms with E-state index < -0.39 is 5.54 Å². The molecule has 5 nitrogen and oxygen atoms in total. The fraction of sp³-hybridized carbons (Fsp3) is 0.667. The Hall–Kier alpha value is -0.980. The van der Waals surface area contributed by atoms with Gasteiger partial charge >= 0.3 is 0 Å². The Morgan fingerprint density at radius 3 is 2.72 bits per heavy atom. The fourth-order valence-electron chi connectivity index (χ4n) is 2.03. The molecule has 1 aromatic rings. The van der Waals surface area contributed by atoms with Crippen LogP contribution in [0, 0.1) is 6.92 Å². The van der Waals surface area contributed by atoms with Crippen LogP contribution in [-0.2, 0) is 4.79 Å². The number of aryl methyl sites for hydroxylation is 1. The third-order valence-corrected chi connectivity index (χ3v) is 4.13. The summed E-state index contributed by atoms with van der Waals surface area (Å²) in [6.07, 6.45) is 1.78. The summed E-state index contributed by atoms with van der Waals surface area (Å²) in [7, 11) is 0. The second kappa shape index (κ2) is 5.34. The van der Waals surface area contributed by atoms with Crippen molar-refractivity contribution in [3.63, 3.8) is 0 Å². The molecule has 0 bridgehead atoms. The predicted molar refractivity (Wildman–Crippen MR) is 74.0 cm³/mol. The minimum atomic E-state index is -0.498. The standard InChI is InChI=1S/C12H20N4OS/c1-9-8-14-11(18-9)15-10(17)12(2,3)16-6-4-13-5-7-16/h8,13H,4-7H2,1-3H3,(H,14,15,17). The van der Waals surface area contributed by atoms with Crippen molar-refractivity contribution in [1.29, 1.82) is 0 Å².